The Kier molecular flexibility index (Phi) is 5.15. The number of methoxy groups -OCH3 is 1. The number of nitrogens with zero attached hydrogens (tertiary/aromatic N) is 5. The molecule has 0 amide bonds. The summed E-state index contributed by atoms with van der Waals surface area (Å²) in [5.74, 6) is 1.11. The monoisotopic (exact) mass is 357 g/mol. The second kappa shape index (κ2) is 7.15. The van der Waals surface area contributed by atoms with Gasteiger partial charge in [-0.15, -0.1) is 5.10 Å². The Morgan fingerprint density at radius 1 is 1.29 bits per heavy atom. The average Bonchev–Trinajstić information content (AvgIpc) is 3.14. The molecule has 0 aliphatic carbocycles. The lowest BCUT2D eigenvalue weighted by Crippen LogP contribution is -2.33. The molecule has 0 spiro atoms. The first-order chi connectivity index (χ1) is 11.6. The molecular weight excluding hydrogens is 338 g/mol. The maximum Gasteiger partial charge on any atom is 0.248 e. The molecule has 3 N–H and O–H groups in total. The molecule has 1 saturated heterocycles. The van der Waals surface area contributed by atoms with E-state index in [4.69, 9.17) is 9.47 Å². The van der Waals surface area contributed by atoms with Crippen molar-refractivity contribution in [3.05, 3.63) is 0 Å². The number of thioether (sulfide) groups is 1. The van der Waals surface area contributed by atoms with Gasteiger partial charge in [-0.1, -0.05) is 23.9 Å². The third-order valence-corrected chi connectivity index (χ3v) is 4.71. The second-order valence-corrected chi connectivity index (χ2v) is 6.36. The smallest absolute Gasteiger partial charge is 0.248 e. The molecule has 2 aromatic rings. The van der Waals surface area contributed by atoms with Gasteiger partial charge in [0, 0.05) is 5.75 Å². The van der Waals surface area contributed by atoms with E-state index in [2.05, 4.69) is 20.3 Å². The summed E-state index contributed by atoms with van der Waals surface area (Å²) in [5.41, 5.74) is 0.659. The minimum atomic E-state index is -1.26. The van der Waals surface area contributed by atoms with Crippen molar-refractivity contribution in [1.82, 2.24) is 25.0 Å². The summed E-state index contributed by atoms with van der Waals surface area (Å²) >= 11 is 1.46. The molecule has 24 heavy (non-hydrogen) atoms. The molecule has 1 fully saturated rings. The molecule has 0 saturated carbocycles. The first-order valence-electron chi connectivity index (χ1n) is 7.52. The highest BCUT2D eigenvalue weighted by molar-refractivity contribution is 7.99. The van der Waals surface area contributed by atoms with Gasteiger partial charge in [-0.05, 0) is 6.42 Å². The van der Waals surface area contributed by atoms with Gasteiger partial charge in [0.25, 0.3) is 0 Å². The average molecular weight is 357 g/mol. The number of aliphatic hydroxyl groups excluding tert-OH is 3. The summed E-state index contributed by atoms with van der Waals surface area (Å²) in [6.07, 6.45) is -3.44. The van der Waals surface area contributed by atoms with Crippen LogP contribution in [-0.2, 0) is 4.74 Å². The molecule has 4 atom stereocenters. The minimum Gasteiger partial charge on any atom is -0.479 e. The largest absolute Gasteiger partial charge is 0.479 e. The fourth-order valence-electron chi connectivity index (χ4n) is 2.44. The van der Waals surface area contributed by atoms with E-state index in [1.165, 1.54) is 23.6 Å². The fraction of sp³-hybridized carbons (Fsp3) is 0.692. The summed E-state index contributed by atoms with van der Waals surface area (Å²) in [6.45, 7) is 1.63. The van der Waals surface area contributed by atoms with Crippen molar-refractivity contribution in [2.24, 2.45) is 0 Å². The number of aromatic nitrogens is 5. The normalized spacial score (nSPS) is 27.0. The van der Waals surface area contributed by atoms with Gasteiger partial charge in [0.15, 0.2) is 22.5 Å². The number of ether oxygens (including phenoxy) is 2. The van der Waals surface area contributed by atoms with Crippen LogP contribution < -0.4 is 4.74 Å². The SMILES string of the molecule is CCCSc1nc(OC)c2nnn([C@@H]3O[C@H](CO)[C@@H](O)[C@H]3O)c2n1. The molecule has 0 aromatic carbocycles. The molecular formula is C13H19N5O5S. The van der Waals surface area contributed by atoms with Crippen molar-refractivity contribution in [3.63, 3.8) is 0 Å². The van der Waals surface area contributed by atoms with E-state index >= 15 is 0 Å². The summed E-state index contributed by atoms with van der Waals surface area (Å²) < 4.78 is 12.0. The van der Waals surface area contributed by atoms with Gasteiger partial charge in [0.05, 0.1) is 13.7 Å². The lowest BCUT2D eigenvalue weighted by Gasteiger charge is -2.14. The quantitative estimate of drug-likeness (QED) is 0.451. The fourth-order valence-corrected chi connectivity index (χ4v) is 3.13. The van der Waals surface area contributed by atoms with Gasteiger partial charge in [-0.3, -0.25) is 0 Å². The van der Waals surface area contributed by atoms with Gasteiger partial charge in [-0.2, -0.15) is 9.67 Å². The molecule has 132 valence electrons. The van der Waals surface area contributed by atoms with Gasteiger partial charge in [0.2, 0.25) is 5.88 Å². The highest BCUT2D eigenvalue weighted by Crippen LogP contribution is 2.32. The van der Waals surface area contributed by atoms with Crippen LogP contribution in [-0.4, -0.2) is 78.1 Å². The van der Waals surface area contributed by atoms with Crippen LogP contribution in [0.4, 0.5) is 0 Å². The summed E-state index contributed by atoms with van der Waals surface area (Å²) in [6, 6.07) is 0. The summed E-state index contributed by atoms with van der Waals surface area (Å²) in [5, 5.41) is 37.7. The minimum absolute atomic E-state index is 0.275. The van der Waals surface area contributed by atoms with Crippen molar-refractivity contribution in [3.8, 4) is 5.88 Å². The molecule has 3 rings (SSSR count). The lowest BCUT2D eigenvalue weighted by atomic mass is 10.1. The second-order valence-electron chi connectivity index (χ2n) is 5.30. The third kappa shape index (κ3) is 2.93. The van der Waals surface area contributed by atoms with Crippen LogP contribution in [0.1, 0.15) is 19.6 Å². The van der Waals surface area contributed by atoms with Crippen molar-refractivity contribution < 1.29 is 24.8 Å². The maximum atomic E-state index is 10.2. The Morgan fingerprint density at radius 2 is 2.08 bits per heavy atom. The highest BCUT2D eigenvalue weighted by Gasteiger charge is 2.44. The van der Waals surface area contributed by atoms with E-state index in [-0.39, 0.29) is 5.88 Å². The number of hydrogen-bond acceptors (Lipinski definition) is 10. The first-order valence-corrected chi connectivity index (χ1v) is 8.51. The van der Waals surface area contributed by atoms with Crippen LogP contribution in [0.15, 0.2) is 5.16 Å². The number of rotatable bonds is 6. The van der Waals surface area contributed by atoms with Crippen molar-refractivity contribution >= 4 is 22.9 Å². The number of hydrogen-bond donors (Lipinski definition) is 3. The molecule has 1 aliphatic rings. The van der Waals surface area contributed by atoms with Crippen molar-refractivity contribution in [1.29, 1.82) is 0 Å². The topological polar surface area (TPSA) is 136 Å². The molecule has 11 heteroatoms. The Balaban J connectivity index is 2.02. The van der Waals surface area contributed by atoms with E-state index in [1.54, 1.807) is 0 Å². The van der Waals surface area contributed by atoms with Gasteiger partial charge in [0.1, 0.15) is 18.3 Å². The van der Waals surface area contributed by atoms with Crippen LogP contribution in [0, 0.1) is 0 Å². The predicted molar refractivity (Wildman–Crippen MR) is 83.7 cm³/mol. The Labute approximate surface area is 141 Å². The van der Waals surface area contributed by atoms with Crippen LogP contribution in [0.5, 0.6) is 5.88 Å². The van der Waals surface area contributed by atoms with Crippen LogP contribution in [0.25, 0.3) is 11.2 Å². The molecule has 2 aromatic heterocycles. The maximum absolute atomic E-state index is 10.2. The van der Waals surface area contributed by atoms with E-state index in [0.717, 1.165) is 12.2 Å². The Bertz CT molecular complexity index is 713. The summed E-state index contributed by atoms with van der Waals surface area (Å²) in [4.78, 5) is 8.69. The first kappa shape index (κ1) is 17.3. The van der Waals surface area contributed by atoms with E-state index in [0.29, 0.717) is 16.3 Å². The Morgan fingerprint density at radius 3 is 2.71 bits per heavy atom. The molecule has 0 unspecified atom stereocenters. The van der Waals surface area contributed by atoms with Gasteiger partial charge in [-0.25, -0.2) is 4.98 Å². The standard InChI is InChI=1S/C13H19N5O5S/c1-3-4-24-13-14-10-7(11(15-13)22-2)16-17-18(10)12-9(21)8(20)6(5-19)23-12/h6,8-9,12,19-21H,3-5H2,1-2H3/t6-,8-,9-,12-/m1/s1. The van der Waals surface area contributed by atoms with Crippen LogP contribution >= 0.6 is 11.8 Å². The van der Waals surface area contributed by atoms with Gasteiger partial charge >= 0.3 is 0 Å². The highest BCUT2D eigenvalue weighted by atomic mass is 32.2. The van der Waals surface area contributed by atoms with Crippen LogP contribution in [0.3, 0.4) is 0 Å². The third-order valence-electron chi connectivity index (χ3n) is 3.66. The zero-order valence-electron chi connectivity index (χ0n) is 13.2. The van der Waals surface area contributed by atoms with Crippen LogP contribution in [0.2, 0.25) is 0 Å². The number of aliphatic hydroxyl groups is 3. The zero-order valence-corrected chi connectivity index (χ0v) is 14.0. The Hall–Kier alpha value is -1.53. The number of fused-ring (bicyclic) bond motifs is 1. The van der Waals surface area contributed by atoms with E-state index < -0.39 is 31.1 Å². The van der Waals surface area contributed by atoms with Crippen molar-refractivity contribution in [2.45, 2.75) is 43.0 Å². The lowest BCUT2D eigenvalue weighted by molar-refractivity contribution is -0.0575. The van der Waals surface area contributed by atoms with Crippen molar-refractivity contribution in [2.75, 3.05) is 19.5 Å². The summed E-state index contributed by atoms with van der Waals surface area (Å²) in [7, 11) is 1.47. The van der Waals surface area contributed by atoms with E-state index in [1.807, 2.05) is 6.92 Å². The molecule has 10 nitrogen and oxygen atoms in total. The molecule has 0 bridgehead atoms. The zero-order chi connectivity index (χ0) is 17.3. The molecule has 0 radical (unpaired) electrons. The molecule has 3 heterocycles. The molecule has 1 aliphatic heterocycles. The predicted octanol–water partition coefficient (Wildman–Crippen LogP) is -0.657. The van der Waals surface area contributed by atoms with Gasteiger partial charge < -0.3 is 24.8 Å². The van der Waals surface area contributed by atoms with E-state index in [9.17, 15) is 15.3 Å².